The van der Waals surface area contributed by atoms with Crippen molar-refractivity contribution in [3.8, 4) is 0 Å². The minimum absolute atomic E-state index is 0.200. The molecule has 0 saturated heterocycles. The van der Waals surface area contributed by atoms with E-state index < -0.39 is 0 Å². The molecule has 1 aromatic heterocycles. The van der Waals surface area contributed by atoms with Crippen LogP contribution in [0.3, 0.4) is 0 Å². The molecule has 1 aromatic rings. The monoisotopic (exact) mass is 223 g/mol. The number of hydrogen-bond donors (Lipinski definition) is 0. The Morgan fingerprint density at radius 3 is 2.81 bits per heavy atom. The van der Waals surface area contributed by atoms with Gasteiger partial charge < -0.3 is 0 Å². The average molecular weight is 223 g/mol. The van der Waals surface area contributed by atoms with Gasteiger partial charge in [-0.2, -0.15) is 0 Å². The minimum atomic E-state index is -0.200. The van der Waals surface area contributed by atoms with E-state index in [-0.39, 0.29) is 5.97 Å². The van der Waals surface area contributed by atoms with Gasteiger partial charge in [-0.05, 0) is 11.2 Å². The summed E-state index contributed by atoms with van der Waals surface area (Å²) in [6.45, 7) is 2.17. The van der Waals surface area contributed by atoms with Gasteiger partial charge in [-0.1, -0.05) is 37.6 Å². The van der Waals surface area contributed by atoms with Gasteiger partial charge in [0.25, 0.3) is 0 Å². The van der Waals surface area contributed by atoms with Crippen molar-refractivity contribution >= 4 is 5.97 Å². The largest absolute Gasteiger partial charge is 0.357 e. The van der Waals surface area contributed by atoms with E-state index in [1.54, 1.807) is 18.5 Å². The van der Waals surface area contributed by atoms with Gasteiger partial charge in [-0.15, -0.1) is 0 Å². The Morgan fingerprint density at radius 1 is 1.31 bits per heavy atom. The normalized spacial score (nSPS) is 10.1. The zero-order valence-electron chi connectivity index (χ0n) is 9.76. The van der Waals surface area contributed by atoms with E-state index in [0.717, 1.165) is 12.8 Å². The van der Waals surface area contributed by atoms with E-state index >= 15 is 0 Å². The second kappa shape index (κ2) is 7.79. The summed E-state index contributed by atoms with van der Waals surface area (Å²) in [5.74, 6) is -0.200. The highest BCUT2D eigenvalue weighted by molar-refractivity contribution is 5.68. The van der Waals surface area contributed by atoms with Gasteiger partial charge in [-0.3, -0.25) is 4.84 Å². The Hall–Kier alpha value is -1.45. The Kier molecular flexibility index (Phi) is 6.15. The first-order valence-electron chi connectivity index (χ1n) is 5.85. The lowest BCUT2D eigenvalue weighted by Gasteiger charge is -1.99. The Balaban J connectivity index is 2.12. The van der Waals surface area contributed by atoms with Crippen LogP contribution in [0.4, 0.5) is 0 Å². The standard InChI is InChI=1S/C12H19N2O2/c1-2-3-4-5-6-8-12(15)16-14-10-7-9-13-11-14/h7,9-11H,2-6,8H2,1H3/q+1. The van der Waals surface area contributed by atoms with E-state index in [4.69, 9.17) is 4.84 Å². The van der Waals surface area contributed by atoms with Crippen LogP contribution in [0.1, 0.15) is 45.4 Å². The fourth-order valence-electron chi connectivity index (χ4n) is 1.41. The molecule has 0 aliphatic rings. The molecule has 4 nitrogen and oxygen atoms in total. The molecular weight excluding hydrogens is 204 g/mol. The van der Waals surface area contributed by atoms with Crippen molar-refractivity contribution in [3.05, 3.63) is 24.8 Å². The zero-order valence-corrected chi connectivity index (χ0v) is 9.76. The molecule has 0 fully saturated rings. The number of nitrogens with zero attached hydrogens (tertiary/aromatic N) is 2. The summed E-state index contributed by atoms with van der Waals surface area (Å²) in [7, 11) is 0. The molecule has 0 saturated carbocycles. The van der Waals surface area contributed by atoms with Crippen LogP contribution in [0.25, 0.3) is 0 Å². The molecule has 0 atom stereocenters. The van der Waals surface area contributed by atoms with E-state index in [1.807, 2.05) is 0 Å². The third-order valence-electron chi connectivity index (χ3n) is 2.28. The molecule has 0 amide bonds. The number of rotatable bonds is 7. The van der Waals surface area contributed by atoms with E-state index in [9.17, 15) is 4.79 Å². The SMILES string of the molecule is CCCCCCCC(=O)O[n+]1cccnc1. The second-order valence-electron chi connectivity index (χ2n) is 3.74. The molecule has 0 aliphatic heterocycles. The maximum absolute atomic E-state index is 11.4. The first-order valence-corrected chi connectivity index (χ1v) is 5.85. The quantitative estimate of drug-likeness (QED) is 0.522. The fourth-order valence-corrected chi connectivity index (χ4v) is 1.41. The van der Waals surface area contributed by atoms with Gasteiger partial charge in [0, 0.05) is 6.07 Å². The van der Waals surface area contributed by atoms with Crippen molar-refractivity contribution in [2.24, 2.45) is 0 Å². The molecule has 1 heterocycles. The van der Waals surface area contributed by atoms with E-state index in [0.29, 0.717) is 6.42 Å². The molecule has 0 spiro atoms. The first kappa shape index (κ1) is 12.6. The number of aromatic nitrogens is 2. The molecule has 4 heteroatoms. The van der Waals surface area contributed by atoms with Crippen LogP contribution in [0.5, 0.6) is 0 Å². The summed E-state index contributed by atoms with van der Waals surface area (Å²) < 4.78 is 1.33. The lowest BCUT2D eigenvalue weighted by atomic mass is 10.1. The summed E-state index contributed by atoms with van der Waals surface area (Å²) >= 11 is 0. The van der Waals surface area contributed by atoms with Crippen LogP contribution in [-0.2, 0) is 4.79 Å². The van der Waals surface area contributed by atoms with Crippen LogP contribution in [0.15, 0.2) is 24.8 Å². The highest BCUT2D eigenvalue weighted by atomic mass is 16.7. The first-order chi connectivity index (χ1) is 7.83. The van der Waals surface area contributed by atoms with Crippen LogP contribution in [0.2, 0.25) is 0 Å². The lowest BCUT2D eigenvalue weighted by molar-refractivity contribution is -0.871. The van der Waals surface area contributed by atoms with Crippen LogP contribution >= 0.6 is 0 Å². The Bertz CT molecular complexity index is 301. The predicted molar refractivity (Wildman–Crippen MR) is 59.4 cm³/mol. The molecule has 1 rings (SSSR count). The molecule has 0 N–H and O–H groups in total. The predicted octanol–water partition coefficient (Wildman–Crippen LogP) is 1.68. The van der Waals surface area contributed by atoms with Crippen molar-refractivity contribution in [2.45, 2.75) is 45.4 Å². The smallest absolute Gasteiger partial charge is 0.258 e. The number of carbonyl (C=O) groups excluding carboxylic acids is 1. The topological polar surface area (TPSA) is 43.1 Å². The van der Waals surface area contributed by atoms with Crippen molar-refractivity contribution < 1.29 is 14.4 Å². The van der Waals surface area contributed by atoms with Gasteiger partial charge in [0.05, 0.1) is 6.42 Å². The molecule has 0 bridgehead atoms. The highest BCUT2D eigenvalue weighted by Gasteiger charge is 2.07. The third-order valence-corrected chi connectivity index (χ3v) is 2.28. The maximum atomic E-state index is 11.4. The fraction of sp³-hybridized carbons (Fsp3) is 0.583. The Labute approximate surface area is 96.2 Å². The lowest BCUT2D eigenvalue weighted by Crippen LogP contribution is -2.45. The third kappa shape index (κ3) is 5.44. The molecule has 0 radical (unpaired) electrons. The summed E-state index contributed by atoms with van der Waals surface area (Å²) in [6.07, 6.45) is 10.9. The van der Waals surface area contributed by atoms with Gasteiger partial charge in [-0.25, -0.2) is 4.79 Å². The summed E-state index contributed by atoms with van der Waals surface area (Å²) in [5, 5.41) is 0. The van der Waals surface area contributed by atoms with Gasteiger partial charge in [0.15, 0.2) is 0 Å². The minimum Gasteiger partial charge on any atom is -0.258 e. The Morgan fingerprint density at radius 2 is 2.12 bits per heavy atom. The molecule has 0 aliphatic carbocycles. The maximum Gasteiger partial charge on any atom is 0.357 e. The highest BCUT2D eigenvalue weighted by Crippen LogP contribution is 2.04. The van der Waals surface area contributed by atoms with Crippen molar-refractivity contribution in [3.63, 3.8) is 0 Å². The second-order valence-corrected chi connectivity index (χ2v) is 3.74. The van der Waals surface area contributed by atoms with Gasteiger partial charge in [0.1, 0.15) is 12.4 Å². The van der Waals surface area contributed by atoms with Gasteiger partial charge >= 0.3 is 12.3 Å². The van der Waals surface area contributed by atoms with Crippen LogP contribution in [-0.4, -0.2) is 11.0 Å². The van der Waals surface area contributed by atoms with Crippen molar-refractivity contribution in [1.29, 1.82) is 0 Å². The molecule has 16 heavy (non-hydrogen) atoms. The van der Waals surface area contributed by atoms with E-state index in [1.165, 1.54) is 30.3 Å². The van der Waals surface area contributed by atoms with E-state index in [2.05, 4.69) is 11.9 Å². The number of carbonyl (C=O) groups is 1. The summed E-state index contributed by atoms with van der Waals surface area (Å²) in [4.78, 5) is 20.3. The van der Waals surface area contributed by atoms with Crippen molar-refractivity contribution in [1.82, 2.24) is 4.98 Å². The molecule has 88 valence electrons. The molecule has 0 aromatic carbocycles. The zero-order chi connectivity index (χ0) is 11.6. The summed E-state index contributed by atoms with van der Waals surface area (Å²) in [6, 6.07) is 1.72. The number of unbranched alkanes of at least 4 members (excludes halogenated alkanes) is 4. The summed E-state index contributed by atoms with van der Waals surface area (Å²) in [5.41, 5.74) is 0. The van der Waals surface area contributed by atoms with Crippen LogP contribution in [0, 0.1) is 0 Å². The average Bonchev–Trinajstić information content (AvgIpc) is 2.30. The number of hydrogen-bond acceptors (Lipinski definition) is 3. The molecule has 0 unspecified atom stereocenters. The van der Waals surface area contributed by atoms with Crippen LogP contribution < -0.4 is 9.57 Å². The van der Waals surface area contributed by atoms with Crippen molar-refractivity contribution in [2.75, 3.05) is 0 Å². The molecular formula is C12H19N2O2+. The van der Waals surface area contributed by atoms with Gasteiger partial charge in [0.2, 0.25) is 0 Å².